The van der Waals surface area contributed by atoms with Gasteiger partial charge in [-0.2, -0.15) is 0 Å². The molecule has 1 aromatic carbocycles. The molecule has 5 atom stereocenters. The van der Waals surface area contributed by atoms with Crippen LogP contribution in [-0.2, 0) is 11.2 Å². The summed E-state index contributed by atoms with van der Waals surface area (Å²) in [7, 11) is 1.75. The second-order valence-electron chi connectivity index (χ2n) is 7.94. The fourth-order valence-electron chi connectivity index (χ4n) is 6.04. The van der Waals surface area contributed by atoms with Crippen LogP contribution in [0.1, 0.15) is 56.1 Å². The van der Waals surface area contributed by atoms with E-state index in [0.29, 0.717) is 17.4 Å². The maximum atomic E-state index is 11.0. The summed E-state index contributed by atoms with van der Waals surface area (Å²) in [6, 6.07) is 7.05. The normalized spacial score (nSPS) is 38.2. The van der Waals surface area contributed by atoms with Crippen LogP contribution in [-0.4, -0.2) is 19.6 Å². The number of carbonyl (C=O) groups excluding carboxylic acids is 1. The highest BCUT2D eigenvalue weighted by Crippen LogP contribution is 2.60. The molecular weight excluding hydrogens is 286 g/mol. The molecule has 0 aliphatic heterocycles. The number of rotatable bonds is 3. The van der Waals surface area contributed by atoms with Gasteiger partial charge in [0.05, 0.1) is 7.11 Å². The highest BCUT2D eigenvalue weighted by molar-refractivity contribution is 5.47. The molecular formula is C20H27NO2. The number of aryl methyl sites for hydroxylation is 1. The molecule has 23 heavy (non-hydrogen) atoms. The van der Waals surface area contributed by atoms with E-state index in [1.165, 1.54) is 37.7 Å². The number of hydrogen-bond donors (Lipinski definition) is 1. The average Bonchev–Trinajstić information content (AvgIpc) is 2.91. The fraction of sp³-hybridized carbons (Fsp3) is 0.650. The fourth-order valence-corrected chi connectivity index (χ4v) is 6.04. The molecule has 0 aromatic heterocycles. The molecule has 2 fully saturated rings. The third-order valence-corrected chi connectivity index (χ3v) is 7.20. The van der Waals surface area contributed by atoms with Gasteiger partial charge in [-0.1, -0.05) is 13.0 Å². The Morgan fingerprint density at radius 1 is 1.26 bits per heavy atom. The first kappa shape index (κ1) is 15.0. The smallest absolute Gasteiger partial charge is 0.207 e. The van der Waals surface area contributed by atoms with E-state index in [9.17, 15) is 4.79 Å². The lowest BCUT2D eigenvalue weighted by molar-refractivity contribution is -0.111. The van der Waals surface area contributed by atoms with E-state index in [1.54, 1.807) is 12.7 Å². The standard InChI is InChI=1S/C20H27NO2/c1-20-10-9-16-15-6-4-14(23-2)11-13(15)3-5-17(16)18(20)7-8-19(20)21-12-22/h4,6,11-12,16-19H,3,5,7-10H2,1-2H3,(H,21,22)/t16?,17?,18?,19-,20-/m0/s1. The Morgan fingerprint density at radius 2 is 2.13 bits per heavy atom. The predicted molar refractivity (Wildman–Crippen MR) is 90.6 cm³/mol. The van der Waals surface area contributed by atoms with Crippen molar-refractivity contribution >= 4 is 6.41 Å². The quantitative estimate of drug-likeness (QED) is 0.865. The Hall–Kier alpha value is -1.51. The number of hydrogen-bond acceptors (Lipinski definition) is 2. The van der Waals surface area contributed by atoms with Crippen molar-refractivity contribution in [3.8, 4) is 5.75 Å². The molecule has 2 saturated carbocycles. The largest absolute Gasteiger partial charge is 0.497 e. The molecule has 3 aliphatic carbocycles. The SMILES string of the molecule is COc1ccc2c(c1)CCC1C2CC[C@@]2(C)C1CC[C@@H]2NC=O. The Kier molecular flexibility index (Phi) is 3.62. The van der Waals surface area contributed by atoms with Crippen LogP contribution in [0.2, 0.25) is 0 Å². The second kappa shape index (κ2) is 5.54. The van der Waals surface area contributed by atoms with Crippen LogP contribution < -0.4 is 10.1 Å². The van der Waals surface area contributed by atoms with E-state index in [4.69, 9.17) is 4.74 Å². The van der Waals surface area contributed by atoms with Crippen molar-refractivity contribution < 1.29 is 9.53 Å². The summed E-state index contributed by atoms with van der Waals surface area (Å²) in [5.41, 5.74) is 3.36. The molecule has 3 unspecified atom stereocenters. The lowest BCUT2D eigenvalue weighted by Crippen LogP contribution is -2.48. The minimum Gasteiger partial charge on any atom is -0.497 e. The molecule has 3 nitrogen and oxygen atoms in total. The summed E-state index contributed by atoms with van der Waals surface area (Å²) in [5, 5.41) is 3.12. The van der Waals surface area contributed by atoms with Gasteiger partial charge < -0.3 is 10.1 Å². The first-order valence-corrected chi connectivity index (χ1v) is 9.04. The van der Waals surface area contributed by atoms with Gasteiger partial charge in [0.1, 0.15) is 5.75 Å². The van der Waals surface area contributed by atoms with Gasteiger partial charge in [0.15, 0.2) is 0 Å². The van der Waals surface area contributed by atoms with Gasteiger partial charge in [-0.25, -0.2) is 0 Å². The molecule has 0 radical (unpaired) electrons. The molecule has 3 aliphatic rings. The number of amides is 1. The summed E-state index contributed by atoms with van der Waals surface area (Å²) in [6.45, 7) is 2.42. The topological polar surface area (TPSA) is 38.3 Å². The lowest BCUT2D eigenvalue weighted by atomic mass is 9.55. The summed E-state index contributed by atoms with van der Waals surface area (Å²) in [5.74, 6) is 3.23. The van der Waals surface area contributed by atoms with Crippen LogP contribution in [0.5, 0.6) is 5.75 Å². The number of ether oxygens (including phenoxy) is 1. The van der Waals surface area contributed by atoms with Crippen LogP contribution in [0.3, 0.4) is 0 Å². The Labute approximate surface area is 138 Å². The molecule has 0 saturated heterocycles. The van der Waals surface area contributed by atoms with Crippen molar-refractivity contribution in [2.24, 2.45) is 17.3 Å². The van der Waals surface area contributed by atoms with E-state index < -0.39 is 0 Å². The second-order valence-corrected chi connectivity index (χ2v) is 7.94. The number of fused-ring (bicyclic) bond motifs is 5. The van der Waals surface area contributed by atoms with E-state index in [2.05, 4.69) is 30.4 Å². The first-order valence-electron chi connectivity index (χ1n) is 9.04. The van der Waals surface area contributed by atoms with Crippen molar-refractivity contribution in [3.05, 3.63) is 29.3 Å². The minimum atomic E-state index is 0.298. The number of methoxy groups -OCH3 is 1. The molecule has 0 heterocycles. The first-order chi connectivity index (χ1) is 11.2. The zero-order valence-corrected chi connectivity index (χ0v) is 14.2. The average molecular weight is 313 g/mol. The molecule has 1 aromatic rings. The maximum absolute atomic E-state index is 11.0. The van der Waals surface area contributed by atoms with Crippen LogP contribution in [0, 0.1) is 17.3 Å². The van der Waals surface area contributed by atoms with E-state index in [1.807, 2.05) is 0 Å². The molecule has 0 spiro atoms. The van der Waals surface area contributed by atoms with Crippen molar-refractivity contribution in [1.82, 2.24) is 5.32 Å². The molecule has 4 rings (SSSR count). The Bertz CT molecular complexity index is 614. The van der Waals surface area contributed by atoms with Crippen molar-refractivity contribution in [2.45, 2.75) is 57.4 Å². The molecule has 3 heteroatoms. The van der Waals surface area contributed by atoms with Gasteiger partial charge in [0.25, 0.3) is 0 Å². The highest BCUT2D eigenvalue weighted by Gasteiger charge is 2.54. The van der Waals surface area contributed by atoms with Gasteiger partial charge in [0.2, 0.25) is 6.41 Å². The van der Waals surface area contributed by atoms with Crippen LogP contribution in [0.25, 0.3) is 0 Å². The Balaban J connectivity index is 1.64. The van der Waals surface area contributed by atoms with Gasteiger partial charge in [-0.3, -0.25) is 4.79 Å². The van der Waals surface area contributed by atoms with Crippen molar-refractivity contribution in [3.63, 3.8) is 0 Å². The summed E-state index contributed by atoms with van der Waals surface area (Å²) < 4.78 is 5.40. The zero-order valence-electron chi connectivity index (χ0n) is 14.2. The number of carbonyl (C=O) groups is 1. The van der Waals surface area contributed by atoms with E-state index in [-0.39, 0.29) is 0 Å². The van der Waals surface area contributed by atoms with Crippen LogP contribution >= 0.6 is 0 Å². The maximum Gasteiger partial charge on any atom is 0.207 e. The van der Waals surface area contributed by atoms with Crippen LogP contribution in [0.15, 0.2) is 18.2 Å². The van der Waals surface area contributed by atoms with Crippen LogP contribution in [0.4, 0.5) is 0 Å². The van der Waals surface area contributed by atoms with Crippen molar-refractivity contribution in [1.29, 1.82) is 0 Å². The zero-order chi connectivity index (χ0) is 16.0. The van der Waals surface area contributed by atoms with Crippen molar-refractivity contribution in [2.75, 3.05) is 7.11 Å². The monoisotopic (exact) mass is 313 g/mol. The predicted octanol–water partition coefficient (Wildman–Crippen LogP) is 3.67. The van der Waals surface area contributed by atoms with E-state index >= 15 is 0 Å². The Morgan fingerprint density at radius 3 is 2.91 bits per heavy atom. The molecule has 1 amide bonds. The third-order valence-electron chi connectivity index (χ3n) is 7.20. The summed E-state index contributed by atoms with van der Waals surface area (Å²) in [6.07, 6.45) is 8.29. The van der Waals surface area contributed by atoms with Gasteiger partial charge >= 0.3 is 0 Å². The molecule has 1 N–H and O–H groups in total. The number of nitrogens with one attached hydrogen (secondary N) is 1. The molecule has 0 bridgehead atoms. The van der Waals surface area contributed by atoms with Gasteiger partial charge in [-0.15, -0.1) is 0 Å². The minimum absolute atomic E-state index is 0.298. The summed E-state index contributed by atoms with van der Waals surface area (Å²) >= 11 is 0. The molecule has 124 valence electrons. The lowest BCUT2D eigenvalue weighted by Gasteiger charge is -2.50. The van der Waals surface area contributed by atoms with E-state index in [0.717, 1.165) is 30.4 Å². The summed E-state index contributed by atoms with van der Waals surface area (Å²) in [4.78, 5) is 11.0. The van der Waals surface area contributed by atoms with Gasteiger partial charge in [-0.05, 0) is 85.0 Å². The highest BCUT2D eigenvalue weighted by atomic mass is 16.5. The third kappa shape index (κ3) is 2.20. The number of benzene rings is 1. The van der Waals surface area contributed by atoms with Gasteiger partial charge in [0, 0.05) is 6.04 Å².